The monoisotopic (exact) mass is 417 g/mol. The third kappa shape index (κ3) is 3.78. The van der Waals surface area contributed by atoms with Crippen LogP contribution in [0, 0.1) is 22.9 Å². The SMILES string of the molecule is Cc1ccc(NC2=C(c3ccc([N+](=O)[O-])cc3)C(=O)N(c3ccc(F)cc3)C2=O)cc1. The minimum atomic E-state index is -0.611. The van der Waals surface area contributed by atoms with Crippen molar-refractivity contribution >= 4 is 34.4 Å². The fourth-order valence-electron chi connectivity index (χ4n) is 3.27. The van der Waals surface area contributed by atoms with Crippen LogP contribution in [-0.4, -0.2) is 16.7 Å². The van der Waals surface area contributed by atoms with Gasteiger partial charge in [-0.15, -0.1) is 0 Å². The molecule has 0 atom stereocenters. The van der Waals surface area contributed by atoms with Gasteiger partial charge in [0.2, 0.25) is 0 Å². The van der Waals surface area contributed by atoms with Gasteiger partial charge in [0.05, 0.1) is 16.2 Å². The zero-order valence-corrected chi connectivity index (χ0v) is 16.3. The lowest BCUT2D eigenvalue weighted by atomic mass is 10.0. The summed E-state index contributed by atoms with van der Waals surface area (Å²) in [5, 5.41) is 14.0. The lowest BCUT2D eigenvalue weighted by Crippen LogP contribution is -2.32. The van der Waals surface area contributed by atoms with Crippen LogP contribution in [-0.2, 0) is 9.59 Å². The molecule has 1 aliphatic rings. The summed E-state index contributed by atoms with van der Waals surface area (Å²) in [6, 6.07) is 17.6. The highest BCUT2D eigenvalue weighted by molar-refractivity contribution is 6.46. The van der Waals surface area contributed by atoms with Crippen LogP contribution in [0.2, 0.25) is 0 Å². The van der Waals surface area contributed by atoms with Crippen molar-refractivity contribution in [1.82, 2.24) is 0 Å². The average Bonchev–Trinajstić information content (AvgIpc) is 3.00. The van der Waals surface area contributed by atoms with E-state index in [1.165, 1.54) is 36.4 Å². The van der Waals surface area contributed by atoms with E-state index in [2.05, 4.69) is 5.32 Å². The highest BCUT2D eigenvalue weighted by Gasteiger charge is 2.40. The molecule has 3 aromatic carbocycles. The Hall–Kier alpha value is -4.33. The van der Waals surface area contributed by atoms with Crippen LogP contribution in [0.3, 0.4) is 0 Å². The van der Waals surface area contributed by atoms with Gasteiger partial charge in [-0.25, -0.2) is 9.29 Å². The summed E-state index contributed by atoms with van der Waals surface area (Å²) in [6.45, 7) is 1.92. The van der Waals surface area contributed by atoms with Crippen molar-refractivity contribution in [3.05, 3.63) is 106 Å². The van der Waals surface area contributed by atoms with Gasteiger partial charge in [-0.2, -0.15) is 0 Å². The molecule has 8 heteroatoms. The number of halogens is 1. The van der Waals surface area contributed by atoms with E-state index in [1.807, 2.05) is 19.1 Å². The van der Waals surface area contributed by atoms with Crippen molar-refractivity contribution in [1.29, 1.82) is 0 Å². The van der Waals surface area contributed by atoms with E-state index in [0.29, 0.717) is 11.3 Å². The van der Waals surface area contributed by atoms with E-state index in [0.717, 1.165) is 22.6 Å². The molecule has 3 aromatic rings. The largest absolute Gasteiger partial charge is 0.350 e. The Kier molecular flexibility index (Phi) is 5.04. The number of carbonyl (C=O) groups is 2. The third-order valence-electron chi connectivity index (χ3n) is 4.86. The number of nitro benzene ring substituents is 1. The summed E-state index contributed by atoms with van der Waals surface area (Å²) in [6.07, 6.45) is 0. The van der Waals surface area contributed by atoms with E-state index in [4.69, 9.17) is 0 Å². The summed E-state index contributed by atoms with van der Waals surface area (Å²) in [5.74, 6) is -1.71. The molecule has 154 valence electrons. The average molecular weight is 417 g/mol. The standard InChI is InChI=1S/C23H16FN3O4/c1-14-2-8-17(9-3-14)25-21-20(15-4-10-19(11-5-15)27(30)31)22(28)26(23(21)29)18-12-6-16(24)7-13-18/h2-13,25H,1H3. The molecular formula is C23H16FN3O4. The number of rotatable bonds is 5. The van der Waals surface area contributed by atoms with Crippen LogP contribution < -0.4 is 10.2 Å². The second-order valence-electron chi connectivity index (χ2n) is 6.97. The molecule has 7 nitrogen and oxygen atoms in total. The van der Waals surface area contributed by atoms with Crippen LogP contribution >= 0.6 is 0 Å². The van der Waals surface area contributed by atoms with Crippen molar-refractivity contribution in [2.24, 2.45) is 0 Å². The Labute approximate surface area is 176 Å². The molecule has 0 saturated carbocycles. The quantitative estimate of drug-likeness (QED) is 0.376. The summed E-state index contributed by atoms with van der Waals surface area (Å²) >= 11 is 0. The minimum absolute atomic E-state index is 0.0343. The van der Waals surface area contributed by atoms with Crippen molar-refractivity contribution < 1.29 is 18.9 Å². The van der Waals surface area contributed by atoms with Crippen molar-refractivity contribution in [3.8, 4) is 0 Å². The molecular weight excluding hydrogens is 401 g/mol. The Balaban J connectivity index is 1.80. The van der Waals surface area contributed by atoms with E-state index in [-0.39, 0.29) is 22.6 Å². The van der Waals surface area contributed by atoms with E-state index < -0.39 is 22.6 Å². The maximum atomic E-state index is 13.3. The van der Waals surface area contributed by atoms with Crippen LogP contribution in [0.15, 0.2) is 78.5 Å². The first-order valence-corrected chi connectivity index (χ1v) is 9.32. The van der Waals surface area contributed by atoms with E-state index >= 15 is 0 Å². The number of amides is 2. The first-order valence-electron chi connectivity index (χ1n) is 9.32. The molecule has 0 fully saturated rings. The molecule has 1 N–H and O–H groups in total. The highest BCUT2D eigenvalue weighted by Crippen LogP contribution is 2.34. The van der Waals surface area contributed by atoms with Crippen LogP contribution in [0.25, 0.3) is 5.57 Å². The molecule has 31 heavy (non-hydrogen) atoms. The molecule has 0 aliphatic carbocycles. The number of nitrogens with one attached hydrogen (secondary N) is 1. The normalized spacial score (nSPS) is 13.7. The number of benzene rings is 3. The number of nitrogens with zero attached hydrogens (tertiary/aromatic N) is 2. The van der Waals surface area contributed by atoms with Gasteiger partial charge in [-0.3, -0.25) is 19.7 Å². The predicted octanol–water partition coefficient (Wildman–Crippen LogP) is 4.44. The number of nitro groups is 1. The molecule has 0 bridgehead atoms. The summed E-state index contributed by atoms with van der Waals surface area (Å²) in [5.41, 5.74) is 2.17. The molecule has 1 heterocycles. The Morgan fingerprint density at radius 3 is 2.06 bits per heavy atom. The zero-order chi connectivity index (χ0) is 22.1. The predicted molar refractivity (Wildman–Crippen MR) is 114 cm³/mol. The highest BCUT2D eigenvalue weighted by atomic mass is 19.1. The van der Waals surface area contributed by atoms with Gasteiger partial charge in [0, 0.05) is 17.8 Å². The number of hydrogen-bond donors (Lipinski definition) is 1. The van der Waals surface area contributed by atoms with Gasteiger partial charge >= 0.3 is 0 Å². The molecule has 0 unspecified atom stereocenters. The fraction of sp³-hybridized carbons (Fsp3) is 0.0435. The lowest BCUT2D eigenvalue weighted by Gasteiger charge is -2.15. The van der Waals surface area contributed by atoms with Gasteiger partial charge in [0.1, 0.15) is 11.5 Å². The number of hydrogen-bond acceptors (Lipinski definition) is 5. The van der Waals surface area contributed by atoms with Crippen LogP contribution in [0.1, 0.15) is 11.1 Å². The smallest absolute Gasteiger partial charge is 0.282 e. The Morgan fingerprint density at radius 2 is 1.48 bits per heavy atom. The van der Waals surface area contributed by atoms with Crippen molar-refractivity contribution in [2.75, 3.05) is 10.2 Å². The zero-order valence-electron chi connectivity index (χ0n) is 16.3. The van der Waals surface area contributed by atoms with Gasteiger partial charge < -0.3 is 5.32 Å². The summed E-state index contributed by atoms with van der Waals surface area (Å²) < 4.78 is 13.3. The van der Waals surface area contributed by atoms with Crippen LogP contribution in [0.5, 0.6) is 0 Å². The van der Waals surface area contributed by atoms with E-state index in [1.54, 1.807) is 12.1 Å². The number of aryl methyl sites for hydroxylation is 1. The molecule has 0 saturated heterocycles. The number of carbonyl (C=O) groups excluding carboxylic acids is 2. The Morgan fingerprint density at radius 1 is 0.871 bits per heavy atom. The minimum Gasteiger partial charge on any atom is -0.350 e. The second-order valence-corrected chi connectivity index (χ2v) is 6.97. The first kappa shape index (κ1) is 20.0. The molecule has 1 aliphatic heterocycles. The molecule has 0 aromatic heterocycles. The first-order chi connectivity index (χ1) is 14.8. The van der Waals surface area contributed by atoms with Gasteiger partial charge in [-0.1, -0.05) is 17.7 Å². The van der Waals surface area contributed by atoms with Gasteiger partial charge in [-0.05, 0) is 61.0 Å². The fourth-order valence-corrected chi connectivity index (χ4v) is 3.27. The maximum absolute atomic E-state index is 13.3. The number of imide groups is 1. The van der Waals surface area contributed by atoms with Gasteiger partial charge in [0.15, 0.2) is 0 Å². The number of anilines is 2. The van der Waals surface area contributed by atoms with Crippen molar-refractivity contribution in [2.45, 2.75) is 6.92 Å². The molecule has 2 amide bonds. The topological polar surface area (TPSA) is 92.6 Å². The lowest BCUT2D eigenvalue weighted by molar-refractivity contribution is -0.384. The molecule has 0 spiro atoms. The molecule has 0 radical (unpaired) electrons. The van der Waals surface area contributed by atoms with Crippen molar-refractivity contribution in [3.63, 3.8) is 0 Å². The number of non-ortho nitro benzene ring substituents is 1. The van der Waals surface area contributed by atoms with Crippen LogP contribution in [0.4, 0.5) is 21.5 Å². The van der Waals surface area contributed by atoms with Gasteiger partial charge in [0.25, 0.3) is 17.5 Å². The third-order valence-corrected chi connectivity index (χ3v) is 4.86. The second kappa shape index (κ2) is 7.83. The summed E-state index contributed by atoms with van der Waals surface area (Å²) in [7, 11) is 0. The van der Waals surface area contributed by atoms with E-state index in [9.17, 15) is 24.1 Å². The maximum Gasteiger partial charge on any atom is 0.282 e. The molecule has 4 rings (SSSR count). The summed E-state index contributed by atoms with van der Waals surface area (Å²) in [4.78, 5) is 37.8. The Bertz CT molecular complexity index is 1220.